The van der Waals surface area contributed by atoms with E-state index in [-0.39, 0.29) is 12.3 Å². The molecule has 0 heterocycles. The predicted molar refractivity (Wildman–Crippen MR) is 73.8 cm³/mol. The Morgan fingerprint density at radius 3 is 2.00 bits per heavy atom. The van der Waals surface area contributed by atoms with Gasteiger partial charge in [-0.25, -0.2) is 0 Å². The number of hydrogen-bond donors (Lipinski definition) is 2. The molecule has 0 aliphatic carbocycles. The van der Waals surface area contributed by atoms with Gasteiger partial charge in [-0.15, -0.1) is 0 Å². The molecular weight excluding hydrogens is 226 g/mol. The fraction of sp³-hybridized carbons (Fsp3) is 0.533. The average Bonchev–Trinajstić information content (AvgIpc) is 2.24. The fourth-order valence-electron chi connectivity index (χ4n) is 2.10. The standard InChI is InChI=1S/C15H23NO2/c1-10(2)11-5-7-12(8-6-11)13(9-14(17)18)15(3,4)16/h5-8,10,13H,9,16H2,1-4H3,(H,17,18). The predicted octanol–water partition coefficient (Wildman–Crippen LogP) is 3.11. The van der Waals surface area contributed by atoms with Crippen LogP contribution < -0.4 is 5.73 Å². The molecule has 0 bridgehead atoms. The second-order valence-corrected chi connectivity index (χ2v) is 5.79. The van der Waals surface area contributed by atoms with Crippen molar-refractivity contribution in [2.75, 3.05) is 0 Å². The molecular formula is C15H23NO2. The molecule has 3 nitrogen and oxygen atoms in total. The van der Waals surface area contributed by atoms with Crippen LogP contribution in [0.5, 0.6) is 0 Å². The van der Waals surface area contributed by atoms with Gasteiger partial charge < -0.3 is 10.8 Å². The van der Waals surface area contributed by atoms with Crippen LogP contribution in [0.3, 0.4) is 0 Å². The molecule has 0 radical (unpaired) electrons. The molecule has 0 aliphatic rings. The van der Waals surface area contributed by atoms with Crippen molar-refractivity contribution in [2.24, 2.45) is 5.73 Å². The van der Waals surface area contributed by atoms with Crippen LogP contribution in [-0.4, -0.2) is 16.6 Å². The average molecular weight is 249 g/mol. The van der Waals surface area contributed by atoms with Crippen molar-refractivity contribution in [2.45, 2.75) is 51.5 Å². The summed E-state index contributed by atoms with van der Waals surface area (Å²) in [6.07, 6.45) is 0.0600. The minimum absolute atomic E-state index is 0.0600. The van der Waals surface area contributed by atoms with Crippen LogP contribution in [0.25, 0.3) is 0 Å². The summed E-state index contributed by atoms with van der Waals surface area (Å²) in [4.78, 5) is 10.9. The minimum atomic E-state index is -0.813. The topological polar surface area (TPSA) is 63.3 Å². The maximum Gasteiger partial charge on any atom is 0.304 e. The largest absolute Gasteiger partial charge is 0.481 e. The van der Waals surface area contributed by atoms with Gasteiger partial charge in [-0.1, -0.05) is 38.1 Å². The Kier molecular flexibility index (Phi) is 4.52. The number of carbonyl (C=O) groups is 1. The zero-order chi connectivity index (χ0) is 13.9. The maximum absolute atomic E-state index is 10.9. The third-order valence-electron chi connectivity index (χ3n) is 3.28. The molecule has 100 valence electrons. The molecule has 0 saturated carbocycles. The Bertz CT molecular complexity index is 401. The Morgan fingerprint density at radius 2 is 1.67 bits per heavy atom. The quantitative estimate of drug-likeness (QED) is 0.842. The van der Waals surface area contributed by atoms with Crippen LogP contribution >= 0.6 is 0 Å². The smallest absolute Gasteiger partial charge is 0.304 e. The molecule has 0 fully saturated rings. The molecule has 3 heteroatoms. The van der Waals surface area contributed by atoms with Crippen LogP contribution in [0.2, 0.25) is 0 Å². The number of carboxylic acid groups (broad SMARTS) is 1. The van der Waals surface area contributed by atoms with Gasteiger partial charge in [0, 0.05) is 11.5 Å². The Balaban J connectivity index is 3.02. The third-order valence-corrected chi connectivity index (χ3v) is 3.28. The van der Waals surface area contributed by atoms with Crippen LogP contribution in [0, 0.1) is 0 Å². The molecule has 1 atom stereocenters. The molecule has 0 aliphatic heterocycles. The summed E-state index contributed by atoms with van der Waals surface area (Å²) < 4.78 is 0. The van der Waals surface area contributed by atoms with Gasteiger partial charge in [-0.05, 0) is 30.9 Å². The summed E-state index contributed by atoms with van der Waals surface area (Å²) in [6, 6.07) is 8.11. The Hall–Kier alpha value is -1.35. The first-order valence-electron chi connectivity index (χ1n) is 6.32. The molecule has 1 aromatic rings. The first-order valence-corrected chi connectivity index (χ1v) is 6.32. The van der Waals surface area contributed by atoms with Crippen molar-refractivity contribution >= 4 is 5.97 Å². The summed E-state index contributed by atoms with van der Waals surface area (Å²) >= 11 is 0. The Labute approximate surface area is 109 Å². The lowest BCUT2D eigenvalue weighted by atomic mass is 9.80. The van der Waals surface area contributed by atoms with Crippen LogP contribution in [0.15, 0.2) is 24.3 Å². The lowest BCUT2D eigenvalue weighted by molar-refractivity contribution is -0.137. The normalized spacial score (nSPS) is 13.7. The molecule has 1 rings (SSSR count). The second-order valence-electron chi connectivity index (χ2n) is 5.79. The lowest BCUT2D eigenvalue weighted by Crippen LogP contribution is -2.40. The minimum Gasteiger partial charge on any atom is -0.481 e. The van der Waals surface area contributed by atoms with Gasteiger partial charge in [0.1, 0.15) is 0 Å². The Morgan fingerprint density at radius 1 is 1.22 bits per heavy atom. The van der Waals surface area contributed by atoms with Crippen molar-refractivity contribution in [3.05, 3.63) is 35.4 Å². The van der Waals surface area contributed by atoms with Gasteiger partial charge in [0.25, 0.3) is 0 Å². The highest BCUT2D eigenvalue weighted by atomic mass is 16.4. The van der Waals surface area contributed by atoms with Crippen molar-refractivity contribution in [3.8, 4) is 0 Å². The van der Waals surface area contributed by atoms with Gasteiger partial charge in [0.05, 0.1) is 6.42 Å². The monoisotopic (exact) mass is 249 g/mol. The van der Waals surface area contributed by atoms with E-state index < -0.39 is 11.5 Å². The SMILES string of the molecule is CC(C)c1ccc(C(CC(=O)O)C(C)(C)N)cc1. The van der Waals surface area contributed by atoms with Crippen molar-refractivity contribution in [1.82, 2.24) is 0 Å². The zero-order valence-electron chi connectivity index (χ0n) is 11.6. The molecule has 3 N–H and O–H groups in total. The van der Waals surface area contributed by atoms with Gasteiger partial charge in [-0.2, -0.15) is 0 Å². The van der Waals surface area contributed by atoms with Crippen LogP contribution in [0.1, 0.15) is 57.1 Å². The van der Waals surface area contributed by atoms with Gasteiger partial charge >= 0.3 is 5.97 Å². The third kappa shape index (κ3) is 3.84. The van der Waals surface area contributed by atoms with E-state index in [1.54, 1.807) is 0 Å². The van der Waals surface area contributed by atoms with Gasteiger partial charge in [0.2, 0.25) is 0 Å². The van der Waals surface area contributed by atoms with E-state index in [2.05, 4.69) is 26.0 Å². The fourth-order valence-corrected chi connectivity index (χ4v) is 2.10. The molecule has 0 saturated heterocycles. The van der Waals surface area contributed by atoms with E-state index in [1.807, 2.05) is 26.0 Å². The highest BCUT2D eigenvalue weighted by Gasteiger charge is 2.28. The number of nitrogens with two attached hydrogens (primary N) is 1. The molecule has 0 aromatic heterocycles. The first kappa shape index (κ1) is 14.7. The summed E-state index contributed by atoms with van der Waals surface area (Å²) in [6.45, 7) is 8.02. The molecule has 1 aromatic carbocycles. The molecule has 18 heavy (non-hydrogen) atoms. The molecule has 0 spiro atoms. The first-order chi connectivity index (χ1) is 8.21. The van der Waals surface area contributed by atoms with E-state index in [4.69, 9.17) is 10.8 Å². The number of rotatable bonds is 5. The number of benzene rings is 1. The van der Waals surface area contributed by atoms with Crippen molar-refractivity contribution in [3.63, 3.8) is 0 Å². The van der Waals surface area contributed by atoms with Gasteiger partial charge in [-0.3, -0.25) is 4.79 Å². The number of carboxylic acids is 1. The van der Waals surface area contributed by atoms with E-state index >= 15 is 0 Å². The number of aliphatic carboxylic acids is 1. The van der Waals surface area contributed by atoms with Crippen LogP contribution in [0.4, 0.5) is 0 Å². The molecule has 1 unspecified atom stereocenters. The lowest BCUT2D eigenvalue weighted by Gasteiger charge is -2.30. The van der Waals surface area contributed by atoms with Crippen molar-refractivity contribution in [1.29, 1.82) is 0 Å². The highest BCUT2D eigenvalue weighted by molar-refractivity contribution is 5.68. The second kappa shape index (κ2) is 5.53. The van der Waals surface area contributed by atoms with E-state index in [0.717, 1.165) is 5.56 Å². The molecule has 0 amide bonds. The van der Waals surface area contributed by atoms with Gasteiger partial charge in [0.15, 0.2) is 0 Å². The van der Waals surface area contributed by atoms with E-state index in [1.165, 1.54) is 5.56 Å². The van der Waals surface area contributed by atoms with E-state index in [0.29, 0.717) is 5.92 Å². The zero-order valence-corrected chi connectivity index (χ0v) is 11.6. The summed E-state index contributed by atoms with van der Waals surface area (Å²) in [7, 11) is 0. The summed E-state index contributed by atoms with van der Waals surface area (Å²) in [5.74, 6) is -0.509. The highest BCUT2D eigenvalue weighted by Crippen LogP contribution is 2.30. The summed E-state index contributed by atoms with van der Waals surface area (Å²) in [5.41, 5.74) is 7.80. The summed E-state index contributed by atoms with van der Waals surface area (Å²) in [5, 5.41) is 9.00. The number of hydrogen-bond acceptors (Lipinski definition) is 2. The maximum atomic E-state index is 10.9. The van der Waals surface area contributed by atoms with Crippen LogP contribution in [-0.2, 0) is 4.79 Å². The van der Waals surface area contributed by atoms with E-state index in [9.17, 15) is 4.79 Å². The van der Waals surface area contributed by atoms with Crippen molar-refractivity contribution < 1.29 is 9.90 Å².